The van der Waals surface area contributed by atoms with Gasteiger partial charge in [0, 0.05) is 49.4 Å². The van der Waals surface area contributed by atoms with E-state index in [0.717, 1.165) is 17.1 Å². The van der Waals surface area contributed by atoms with Crippen LogP contribution < -0.4 is 0 Å². The zero-order valence-electron chi connectivity index (χ0n) is 27.7. The minimum absolute atomic E-state index is 1.14. The first-order chi connectivity index (χ1) is 25.3. The lowest BCUT2D eigenvalue weighted by molar-refractivity contribution is 1.13. The lowest BCUT2D eigenvalue weighted by Gasteiger charge is -2.13. The normalized spacial score (nSPS) is 11.9. The summed E-state index contributed by atoms with van der Waals surface area (Å²) in [6, 6.07) is 68.4. The Morgan fingerprint density at radius 2 is 0.588 bits per heavy atom. The molecule has 0 unspecified atom stereocenters. The summed E-state index contributed by atoms with van der Waals surface area (Å²) in [6.45, 7) is 0. The third-order valence-electron chi connectivity index (χ3n) is 10.6. The predicted octanol–water partition coefficient (Wildman–Crippen LogP) is 12.6. The molecule has 0 aliphatic carbocycles. The van der Waals surface area contributed by atoms with Gasteiger partial charge in [-0.1, -0.05) is 121 Å². The average molecular weight is 650 g/mol. The average Bonchev–Trinajstić information content (AvgIpc) is 3.83. The topological polar surface area (TPSA) is 14.8 Å². The van der Waals surface area contributed by atoms with Crippen LogP contribution in [0.5, 0.6) is 0 Å². The standard InChI is InChI=1S/C48H31N3/c1-2-13-32(14-3-1)33-25-27-34(28-26-33)49-45-23-10-6-19-39(45)41-31-48-42(30-47(41)49)40-20-7-11-24-46(40)51(48)36-16-12-15-35(29-36)50-43-21-8-4-17-37(43)38-18-5-9-22-44(38)50/h1-31H. The van der Waals surface area contributed by atoms with Crippen molar-refractivity contribution in [2.45, 2.75) is 0 Å². The largest absolute Gasteiger partial charge is 0.309 e. The van der Waals surface area contributed by atoms with E-state index < -0.39 is 0 Å². The molecule has 0 fully saturated rings. The molecular weight excluding hydrogens is 619 g/mol. The van der Waals surface area contributed by atoms with Gasteiger partial charge in [0.25, 0.3) is 0 Å². The molecule has 3 nitrogen and oxygen atoms in total. The second kappa shape index (κ2) is 10.8. The van der Waals surface area contributed by atoms with E-state index in [4.69, 9.17) is 0 Å². The monoisotopic (exact) mass is 649 g/mol. The predicted molar refractivity (Wildman–Crippen MR) is 215 cm³/mol. The summed E-state index contributed by atoms with van der Waals surface area (Å²) in [5.74, 6) is 0. The zero-order chi connectivity index (χ0) is 33.5. The molecule has 0 amide bonds. The summed E-state index contributed by atoms with van der Waals surface area (Å²) in [5.41, 5.74) is 13.1. The smallest absolute Gasteiger partial charge is 0.0548 e. The summed E-state index contributed by atoms with van der Waals surface area (Å²) in [6.07, 6.45) is 0. The maximum absolute atomic E-state index is 2.45. The van der Waals surface area contributed by atoms with Gasteiger partial charge >= 0.3 is 0 Å². The highest BCUT2D eigenvalue weighted by atomic mass is 15.0. The Morgan fingerprint density at radius 1 is 0.216 bits per heavy atom. The van der Waals surface area contributed by atoms with Crippen molar-refractivity contribution in [3.05, 3.63) is 188 Å². The second-order valence-corrected chi connectivity index (χ2v) is 13.4. The maximum atomic E-state index is 2.45. The molecule has 0 aliphatic heterocycles. The van der Waals surface area contributed by atoms with Gasteiger partial charge in [-0.2, -0.15) is 0 Å². The van der Waals surface area contributed by atoms with Gasteiger partial charge in [-0.3, -0.25) is 0 Å². The van der Waals surface area contributed by atoms with Crippen LogP contribution in [0.2, 0.25) is 0 Å². The van der Waals surface area contributed by atoms with Crippen molar-refractivity contribution in [1.82, 2.24) is 13.7 Å². The molecule has 0 atom stereocenters. The first-order valence-corrected chi connectivity index (χ1v) is 17.5. The van der Waals surface area contributed by atoms with Crippen LogP contribution in [0.25, 0.3) is 93.6 Å². The van der Waals surface area contributed by atoms with Crippen LogP contribution in [-0.2, 0) is 0 Å². The minimum Gasteiger partial charge on any atom is -0.309 e. The molecule has 0 saturated heterocycles. The van der Waals surface area contributed by atoms with Gasteiger partial charge in [-0.15, -0.1) is 0 Å². The fraction of sp³-hybridized carbons (Fsp3) is 0. The van der Waals surface area contributed by atoms with Crippen LogP contribution >= 0.6 is 0 Å². The first kappa shape index (κ1) is 28.0. The van der Waals surface area contributed by atoms with Crippen LogP contribution in [0, 0.1) is 0 Å². The van der Waals surface area contributed by atoms with Crippen LogP contribution in [0.1, 0.15) is 0 Å². The summed E-state index contributed by atoms with van der Waals surface area (Å²) in [7, 11) is 0. The first-order valence-electron chi connectivity index (χ1n) is 17.5. The molecule has 0 bridgehead atoms. The number of rotatable bonds is 4. The molecule has 0 spiro atoms. The third kappa shape index (κ3) is 4.12. The van der Waals surface area contributed by atoms with E-state index in [1.165, 1.54) is 76.5 Å². The van der Waals surface area contributed by atoms with Crippen molar-refractivity contribution >= 4 is 65.4 Å². The van der Waals surface area contributed by atoms with Gasteiger partial charge in [0.15, 0.2) is 0 Å². The van der Waals surface area contributed by atoms with Crippen LogP contribution in [-0.4, -0.2) is 13.7 Å². The Bertz CT molecular complexity index is 3070. The molecule has 0 radical (unpaired) electrons. The molecular formula is C48H31N3. The van der Waals surface area contributed by atoms with E-state index in [1.54, 1.807) is 0 Å². The fourth-order valence-corrected chi connectivity index (χ4v) is 8.39. The van der Waals surface area contributed by atoms with E-state index >= 15 is 0 Å². The number of nitrogens with zero attached hydrogens (tertiary/aromatic N) is 3. The molecule has 0 saturated carbocycles. The fourth-order valence-electron chi connectivity index (χ4n) is 8.39. The molecule has 3 heteroatoms. The number of fused-ring (bicyclic) bond motifs is 9. The molecule has 3 aromatic heterocycles. The van der Waals surface area contributed by atoms with Crippen molar-refractivity contribution in [3.63, 3.8) is 0 Å². The van der Waals surface area contributed by atoms with Gasteiger partial charge in [0.1, 0.15) is 0 Å². The van der Waals surface area contributed by atoms with E-state index in [9.17, 15) is 0 Å². The Hall–Kier alpha value is -6.84. The number of aromatic nitrogens is 3. The summed E-state index contributed by atoms with van der Waals surface area (Å²) in [4.78, 5) is 0. The SMILES string of the molecule is c1ccc(-c2ccc(-n3c4ccccc4c4cc5c(cc43)c3ccccc3n5-c3cccc(-n4c5ccccc5c5ccccc54)c3)cc2)cc1. The van der Waals surface area contributed by atoms with Crippen molar-refractivity contribution in [3.8, 4) is 28.2 Å². The van der Waals surface area contributed by atoms with Gasteiger partial charge in [0.05, 0.1) is 33.1 Å². The Labute approximate surface area is 294 Å². The molecule has 3 heterocycles. The van der Waals surface area contributed by atoms with Crippen molar-refractivity contribution < 1.29 is 0 Å². The molecule has 238 valence electrons. The van der Waals surface area contributed by atoms with E-state index in [2.05, 4.69) is 202 Å². The highest BCUT2D eigenvalue weighted by Crippen LogP contribution is 2.40. The van der Waals surface area contributed by atoms with Crippen LogP contribution in [0.15, 0.2) is 188 Å². The second-order valence-electron chi connectivity index (χ2n) is 13.4. The maximum Gasteiger partial charge on any atom is 0.0548 e. The van der Waals surface area contributed by atoms with E-state index in [0.29, 0.717) is 0 Å². The molecule has 11 aromatic rings. The lowest BCUT2D eigenvalue weighted by Crippen LogP contribution is -1.98. The van der Waals surface area contributed by atoms with Gasteiger partial charge in [-0.05, 0) is 77.9 Å². The van der Waals surface area contributed by atoms with Gasteiger partial charge in [0.2, 0.25) is 0 Å². The van der Waals surface area contributed by atoms with E-state index in [1.807, 2.05) is 0 Å². The van der Waals surface area contributed by atoms with Crippen molar-refractivity contribution in [2.75, 3.05) is 0 Å². The zero-order valence-corrected chi connectivity index (χ0v) is 27.7. The Balaban J connectivity index is 1.16. The number of benzene rings is 8. The number of hydrogen-bond acceptors (Lipinski definition) is 0. The van der Waals surface area contributed by atoms with Crippen molar-refractivity contribution in [1.29, 1.82) is 0 Å². The highest BCUT2D eigenvalue weighted by molar-refractivity contribution is 6.19. The lowest BCUT2D eigenvalue weighted by atomic mass is 10.1. The Morgan fingerprint density at radius 3 is 1.08 bits per heavy atom. The summed E-state index contributed by atoms with van der Waals surface area (Å²) >= 11 is 0. The molecule has 11 rings (SSSR count). The molecule has 0 N–H and O–H groups in total. The van der Waals surface area contributed by atoms with Gasteiger partial charge in [-0.25, -0.2) is 0 Å². The minimum atomic E-state index is 1.14. The summed E-state index contributed by atoms with van der Waals surface area (Å²) < 4.78 is 7.27. The molecule has 8 aromatic carbocycles. The molecule has 0 aliphatic rings. The van der Waals surface area contributed by atoms with Crippen LogP contribution in [0.3, 0.4) is 0 Å². The quantitative estimate of drug-likeness (QED) is 0.180. The molecule has 51 heavy (non-hydrogen) atoms. The third-order valence-corrected chi connectivity index (χ3v) is 10.6. The summed E-state index contributed by atoms with van der Waals surface area (Å²) in [5, 5.41) is 7.51. The van der Waals surface area contributed by atoms with Gasteiger partial charge < -0.3 is 13.7 Å². The number of para-hydroxylation sites is 4. The highest BCUT2D eigenvalue weighted by Gasteiger charge is 2.19. The Kier molecular flexibility index (Phi) is 5.96. The number of hydrogen-bond donors (Lipinski definition) is 0. The van der Waals surface area contributed by atoms with E-state index in [-0.39, 0.29) is 0 Å². The van der Waals surface area contributed by atoms with Crippen LogP contribution in [0.4, 0.5) is 0 Å². The van der Waals surface area contributed by atoms with Crippen molar-refractivity contribution in [2.24, 2.45) is 0 Å².